The van der Waals surface area contributed by atoms with Crippen molar-refractivity contribution < 1.29 is 9.47 Å². The number of nitrogens with zero attached hydrogens (tertiary/aromatic N) is 1. The van der Waals surface area contributed by atoms with Crippen molar-refractivity contribution >= 4 is 0 Å². The summed E-state index contributed by atoms with van der Waals surface area (Å²) in [5.74, 6) is 1.62. The number of ether oxygens (including phenoxy) is 2. The van der Waals surface area contributed by atoms with Gasteiger partial charge >= 0.3 is 0 Å². The van der Waals surface area contributed by atoms with E-state index in [-0.39, 0.29) is 0 Å². The van der Waals surface area contributed by atoms with Crippen LogP contribution in [0.2, 0.25) is 0 Å². The average Bonchev–Trinajstić information content (AvgIpc) is 2.01. The Kier molecular flexibility index (Phi) is 1.86. The quantitative estimate of drug-likeness (QED) is 0.616. The van der Waals surface area contributed by atoms with Gasteiger partial charge < -0.3 is 9.47 Å². The summed E-state index contributed by atoms with van der Waals surface area (Å²) in [5.41, 5.74) is 0. The predicted octanol–water partition coefficient (Wildman–Crippen LogP) is 0.352. The molecule has 3 heterocycles. The van der Waals surface area contributed by atoms with Crippen LogP contribution in [0.15, 0.2) is 0 Å². The second kappa shape index (κ2) is 2.94. The molecule has 3 nitrogen and oxygen atoms in total. The molecule has 13 heavy (non-hydrogen) atoms. The van der Waals surface area contributed by atoms with Crippen molar-refractivity contribution in [2.75, 3.05) is 33.4 Å². The second-order valence-corrected chi connectivity index (χ2v) is 4.60. The first kappa shape index (κ1) is 8.21. The summed E-state index contributed by atoms with van der Waals surface area (Å²) in [6, 6.07) is 0.725. The molecular formula is C10H17NO2. The summed E-state index contributed by atoms with van der Waals surface area (Å²) < 4.78 is 10.7. The molecule has 4 aliphatic rings. The summed E-state index contributed by atoms with van der Waals surface area (Å²) in [7, 11) is 1.85. The minimum Gasteiger partial charge on any atom is -0.381 e. The van der Waals surface area contributed by atoms with Crippen molar-refractivity contribution in [3.63, 3.8) is 0 Å². The van der Waals surface area contributed by atoms with E-state index in [4.69, 9.17) is 9.47 Å². The number of fused-ring (bicyclic) bond motifs is 2. The van der Waals surface area contributed by atoms with E-state index in [1.165, 1.54) is 19.5 Å². The lowest BCUT2D eigenvalue weighted by Gasteiger charge is -2.55. The Hall–Kier alpha value is -0.120. The van der Waals surface area contributed by atoms with E-state index in [0.29, 0.717) is 6.10 Å². The van der Waals surface area contributed by atoms with Gasteiger partial charge in [0.1, 0.15) is 0 Å². The molecule has 2 bridgehead atoms. The summed E-state index contributed by atoms with van der Waals surface area (Å²) in [6.45, 7) is 4.39. The van der Waals surface area contributed by atoms with Crippen LogP contribution in [0.25, 0.3) is 0 Å². The summed E-state index contributed by atoms with van der Waals surface area (Å²) in [5, 5.41) is 0. The first-order valence-corrected chi connectivity index (χ1v) is 5.23. The van der Waals surface area contributed by atoms with Crippen LogP contribution in [0.5, 0.6) is 0 Å². The number of hydrogen-bond donors (Lipinski definition) is 0. The fourth-order valence-corrected chi connectivity index (χ4v) is 3.00. The molecule has 3 saturated heterocycles. The van der Waals surface area contributed by atoms with E-state index in [2.05, 4.69) is 4.90 Å². The topological polar surface area (TPSA) is 21.7 Å². The Labute approximate surface area is 79.0 Å². The van der Waals surface area contributed by atoms with Crippen molar-refractivity contribution in [2.24, 2.45) is 11.8 Å². The van der Waals surface area contributed by atoms with Gasteiger partial charge in [-0.15, -0.1) is 0 Å². The van der Waals surface area contributed by atoms with E-state index < -0.39 is 0 Å². The van der Waals surface area contributed by atoms with Crippen molar-refractivity contribution in [2.45, 2.75) is 18.6 Å². The molecular weight excluding hydrogens is 166 g/mol. The fourth-order valence-electron chi connectivity index (χ4n) is 3.00. The fraction of sp³-hybridized carbons (Fsp3) is 1.00. The van der Waals surface area contributed by atoms with Gasteiger partial charge in [0.2, 0.25) is 0 Å². The number of piperidine rings is 2. The highest BCUT2D eigenvalue weighted by atomic mass is 16.5. The van der Waals surface area contributed by atoms with E-state index in [9.17, 15) is 0 Å². The Balaban J connectivity index is 1.60. The maximum atomic E-state index is 5.47. The first-order valence-electron chi connectivity index (χ1n) is 5.23. The molecule has 4 rings (SSSR count). The molecule has 3 aliphatic heterocycles. The first-order chi connectivity index (χ1) is 6.38. The zero-order valence-corrected chi connectivity index (χ0v) is 8.11. The third-order valence-electron chi connectivity index (χ3n) is 3.88. The van der Waals surface area contributed by atoms with Crippen LogP contribution < -0.4 is 0 Å². The van der Waals surface area contributed by atoms with Gasteiger partial charge in [0.15, 0.2) is 0 Å². The van der Waals surface area contributed by atoms with Crippen molar-refractivity contribution in [1.29, 1.82) is 0 Å². The molecule has 0 N–H and O–H groups in total. The molecule has 4 fully saturated rings. The minimum absolute atomic E-state index is 0.567. The smallest absolute Gasteiger partial charge is 0.0652 e. The van der Waals surface area contributed by atoms with Crippen LogP contribution in [-0.4, -0.2) is 50.5 Å². The maximum absolute atomic E-state index is 5.47. The third kappa shape index (κ3) is 1.14. The number of hydrogen-bond acceptors (Lipinski definition) is 3. The van der Waals surface area contributed by atoms with Crippen LogP contribution in [0, 0.1) is 11.8 Å². The monoisotopic (exact) mass is 183 g/mol. The average molecular weight is 183 g/mol. The molecule has 0 aromatic rings. The van der Waals surface area contributed by atoms with E-state index in [1.54, 1.807) is 0 Å². The van der Waals surface area contributed by atoms with Gasteiger partial charge in [0.25, 0.3) is 0 Å². The van der Waals surface area contributed by atoms with E-state index >= 15 is 0 Å². The van der Waals surface area contributed by atoms with E-state index in [1.807, 2.05) is 7.11 Å². The highest BCUT2D eigenvalue weighted by Gasteiger charge is 2.48. The van der Waals surface area contributed by atoms with Crippen LogP contribution in [-0.2, 0) is 9.47 Å². The molecule has 2 unspecified atom stereocenters. The maximum Gasteiger partial charge on any atom is 0.0652 e. The van der Waals surface area contributed by atoms with Gasteiger partial charge in [-0.2, -0.15) is 0 Å². The van der Waals surface area contributed by atoms with Crippen LogP contribution in [0.3, 0.4) is 0 Å². The van der Waals surface area contributed by atoms with Crippen LogP contribution in [0.4, 0.5) is 0 Å². The molecule has 0 aromatic heterocycles. The van der Waals surface area contributed by atoms with Crippen LogP contribution >= 0.6 is 0 Å². The van der Waals surface area contributed by atoms with Gasteiger partial charge in [-0.3, -0.25) is 4.90 Å². The molecule has 0 aromatic carbocycles. The summed E-state index contributed by atoms with van der Waals surface area (Å²) >= 11 is 0. The molecule has 74 valence electrons. The molecule has 0 amide bonds. The Bertz CT molecular complexity index is 193. The van der Waals surface area contributed by atoms with Crippen molar-refractivity contribution in [3.8, 4) is 0 Å². The zero-order valence-electron chi connectivity index (χ0n) is 8.11. The highest BCUT2D eigenvalue weighted by Crippen LogP contribution is 2.42. The number of rotatable bonds is 2. The van der Waals surface area contributed by atoms with E-state index in [0.717, 1.165) is 31.1 Å². The Morgan fingerprint density at radius 3 is 2.38 bits per heavy atom. The molecule has 1 saturated carbocycles. The van der Waals surface area contributed by atoms with Gasteiger partial charge in [-0.1, -0.05) is 0 Å². The molecule has 3 heteroatoms. The standard InChI is InChI=1S/C10H17NO2/c1-12-10-7-2-8(10)4-11(3-7)9-5-13-6-9/h7-10H,2-6H2,1H3. The normalized spacial score (nSPS) is 45.5. The molecule has 0 radical (unpaired) electrons. The molecule has 0 spiro atoms. The Morgan fingerprint density at radius 1 is 1.23 bits per heavy atom. The number of methoxy groups -OCH3 is 1. The van der Waals surface area contributed by atoms with Crippen LogP contribution in [0.1, 0.15) is 6.42 Å². The van der Waals surface area contributed by atoms with Gasteiger partial charge in [-0.05, 0) is 18.3 Å². The minimum atomic E-state index is 0.567. The van der Waals surface area contributed by atoms with Gasteiger partial charge in [-0.25, -0.2) is 0 Å². The molecule has 1 aliphatic carbocycles. The molecule has 2 atom stereocenters. The largest absolute Gasteiger partial charge is 0.381 e. The summed E-state index contributed by atoms with van der Waals surface area (Å²) in [6.07, 6.45) is 1.96. The van der Waals surface area contributed by atoms with Crippen molar-refractivity contribution in [3.05, 3.63) is 0 Å². The van der Waals surface area contributed by atoms with Gasteiger partial charge in [0.05, 0.1) is 25.4 Å². The lowest BCUT2D eigenvalue weighted by molar-refractivity contribution is -0.165. The SMILES string of the molecule is COC1C2CC1CN(C1COC1)C2. The lowest BCUT2D eigenvalue weighted by atomic mass is 9.67. The zero-order chi connectivity index (χ0) is 8.84. The van der Waals surface area contributed by atoms with Crippen molar-refractivity contribution in [1.82, 2.24) is 4.90 Å². The Morgan fingerprint density at radius 2 is 1.92 bits per heavy atom. The van der Waals surface area contributed by atoms with Gasteiger partial charge in [0, 0.05) is 20.2 Å². The second-order valence-electron chi connectivity index (χ2n) is 4.60. The third-order valence-corrected chi connectivity index (χ3v) is 3.88. The highest BCUT2D eigenvalue weighted by molar-refractivity contribution is 5.00. The predicted molar refractivity (Wildman–Crippen MR) is 48.6 cm³/mol. The lowest BCUT2D eigenvalue weighted by Crippen LogP contribution is -2.64. The summed E-state index contributed by atoms with van der Waals surface area (Å²) in [4.78, 5) is 2.60.